The first-order chi connectivity index (χ1) is 9.52. The predicted molar refractivity (Wildman–Crippen MR) is 68.4 cm³/mol. The molecule has 0 radical (unpaired) electrons. The zero-order chi connectivity index (χ0) is 16.4. The molecule has 0 bridgehead atoms. The van der Waals surface area contributed by atoms with Crippen molar-refractivity contribution in [1.29, 1.82) is 0 Å². The zero-order valence-corrected chi connectivity index (χ0v) is 13.0. The summed E-state index contributed by atoms with van der Waals surface area (Å²) >= 11 is 0. The second-order valence-corrected chi connectivity index (χ2v) is 6.03. The van der Waals surface area contributed by atoms with Crippen molar-refractivity contribution in [3.8, 4) is 0 Å². The standard InChI is InChI=1S/C11H17N3O6S/c1-9(15)14(21(17,18)19)7-11(2,10(16)20-4)13-6-5-12(3)8-13/h5-6,8H,7H2,1-4H3/t11-/m0/s1. The number of aromatic nitrogens is 2. The summed E-state index contributed by atoms with van der Waals surface area (Å²) in [5.41, 5.74) is -1.56. The lowest BCUT2D eigenvalue weighted by Crippen LogP contribution is -2.52. The van der Waals surface area contributed by atoms with E-state index in [4.69, 9.17) is 0 Å². The molecule has 0 unspecified atom stereocenters. The fourth-order valence-corrected chi connectivity index (χ4v) is 2.57. The van der Waals surface area contributed by atoms with Gasteiger partial charge in [-0.05, 0) is 6.92 Å². The van der Waals surface area contributed by atoms with E-state index in [1.54, 1.807) is 17.8 Å². The monoisotopic (exact) mass is 319 g/mol. The summed E-state index contributed by atoms with van der Waals surface area (Å²) < 4.78 is 41.3. The number of carbonyl (C=O) groups excluding carboxylic acids is 2. The van der Waals surface area contributed by atoms with Crippen LogP contribution in [0.3, 0.4) is 0 Å². The van der Waals surface area contributed by atoms with Gasteiger partial charge in [-0.3, -0.25) is 4.79 Å². The predicted octanol–water partition coefficient (Wildman–Crippen LogP) is -1.49. The van der Waals surface area contributed by atoms with Crippen LogP contribution in [0.15, 0.2) is 18.7 Å². The average molecular weight is 319 g/mol. The lowest BCUT2D eigenvalue weighted by Gasteiger charge is -2.31. The van der Waals surface area contributed by atoms with Gasteiger partial charge in [-0.1, -0.05) is 0 Å². The molecule has 0 saturated carbocycles. The van der Waals surface area contributed by atoms with E-state index in [2.05, 4.69) is 4.74 Å². The van der Waals surface area contributed by atoms with Crippen molar-refractivity contribution in [2.45, 2.75) is 19.4 Å². The lowest BCUT2D eigenvalue weighted by molar-refractivity contribution is -0.671. The molecule has 0 spiro atoms. The molecule has 9 nitrogen and oxygen atoms in total. The van der Waals surface area contributed by atoms with Gasteiger partial charge in [0.2, 0.25) is 17.8 Å². The molecule has 0 aliphatic rings. The summed E-state index contributed by atoms with van der Waals surface area (Å²) in [6.07, 6.45) is 4.63. The number of aryl methyl sites for hydroxylation is 1. The Labute approximate surface area is 122 Å². The van der Waals surface area contributed by atoms with E-state index >= 15 is 0 Å². The van der Waals surface area contributed by atoms with Gasteiger partial charge in [0.25, 0.3) is 0 Å². The van der Waals surface area contributed by atoms with E-state index in [1.165, 1.54) is 24.0 Å². The highest BCUT2D eigenvalue weighted by molar-refractivity contribution is 7.83. The smallest absolute Gasteiger partial charge is 0.356 e. The third-order valence-electron chi connectivity index (χ3n) is 3.04. The highest BCUT2D eigenvalue weighted by Crippen LogP contribution is 2.20. The number of esters is 1. The molecule has 1 heterocycles. The number of ether oxygens (including phenoxy) is 1. The van der Waals surface area contributed by atoms with Crippen LogP contribution in [0.1, 0.15) is 13.8 Å². The molecule has 0 N–H and O–H groups in total. The van der Waals surface area contributed by atoms with E-state index in [0.29, 0.717) is 0 Å². The van der Waals surface area contributed by atoms with Crippen LogP contribution in [0.2, 0.25) is 0 Å². The fraction of sp³-hybridized carbons (Fsp3) is 0.545. The van der Waals surface area contributed by atoms with Crippen molar-refractivity contribution >= 4 is 22.2 Å². The number of rotatable bonds is 5. The molecule has 1 rings (SSSR count). The van der Waals surface area contributed by atoms with Crippen LogP contribution in [0.25, 0.3) is 0 Å². The van der Waals surface area contributed by atoms with Crippen molar-refractivity contribution < 1.29 is 31.9 Å². The maximum Gasteiger partial charge on any atom is 0.356 e. The van der Waals surface area contributed by atoms with Gasteiger partial charge in [-0.2, -0.15) is 0 Å². The molecule has 0 aliphatic carbocycles. The first kappa shape index (κ1) is 17.1. The molecule has 118 valence electrons. The van der Waals surface area contributed by atoms with Gasteiger partial charge in [0.05, 0.1) is 20.7 Å². The van der Waals surface area contributed by atoms with E-state index in [9.17, 15) is 22.6 Å². The van der Waals surface area contributed by atoms with E-state index in [0.717, 1.165) is 14.0 Å². The molecular weight excluding hydrogens is 302 g/mol. The van der Waals surface area contributed by atoms with Crippen LogP contribution in [0, 0.1) is 0 Å². The fourth-order valence-electron chi connectivity index (χ4n) is 1.84. The topological polar surface area (TPSA) is 113 Å². The minimum atomic E-state index is -5.03. The van der Waals surface area contributed by atoms with Gasteiger partial charge in [-0.15, -0.1) is 0 Å². The Hall–Kier alpha value is -1.94. The molecule has 1 aromatic heterocycles. The Morgan fingerprint density at radius 2 is 2.05 bits per heavy atom. The first-order valence-corrected chi connectivity index (χ1v) is 7.25. The van der Waals surface area contributed by atoms with Gasteiger partial charge >= 0.3 is 5.97 Å². The third kappa shape index (κ3) is 3.58. The Kier molecular flexibility index (Phi) is 4.74. The van der Waals surface area contributed by atoms with Gasteiger partial charge in [-0.25, -0.2) is 26.7 Å². The van der Waals surface area contributed by atoms with Crippen molar-refractivity contribution in [3.05, 3.63) is 18.7 Å². The number of hydrogen-bond donors (Lipinski definition) is 0. The second-order valence-electron chi connectivity index (χ2n) is 4.74. The maximum atomic E-state index is 12.0. The van der Waals surface area contributed by atoms with Crippen LogP contribution in [-0.4, -0.2) is 47.4 Å². The maximum absolute atomic E-state index is 12.0. The summed E-state index contributed by atoms with van der Waals surface area (Å²) in [5.74, 6) is -1.76. The van der Waals surface area contributed by atoms with Crippen LogP contribution in [-0.2, 0) is 37.2 Å². The lowest BCUT2D eigenvalue weighted by atomic mass is 10.0. The summed E-state index contributed by atoms with van der Waals surface area (Å²) in [7, 11) is -2.21. The third-order valence-corrected chi connectivity index (χ3v) is 3.96. The van der Waals surface area contributed by atoms with Gasteiger partial charge in [0, 0.05) is 6.92 Å². The Morgan fingerprint density at radius 3 is 2.38 bits per heavy atom. The molecule has 1 amide bonds. The van der Waals surface area contributed by atoms with Gasteiger partial charge in [0.1, 0.15) is 12.4 Å². The summed E-state index contributed by atoms with van der Waals surface area (Å²) in [6.45, 7) is 1.65. The molecule has 0 saturated heterocycles. The Balaban J connectivity index is 3.33. The van der Waals surface area contributed by atoms with E-state index < -0.39 is 34.3 Å². The number of methoxy groups -OCH3 is 1. The zero-order valence-electron chi connectivity index (χ0n) is 12.1. The largest absolute Gasteiger partial charge is 0.731 e. The number of amides is 1. The SMILES string of the molecule is COC(=O)[C@](C)(CN(C(C)=O)S(=O)(=O)[O-])n1cc[n+](C)c1. The van der Waals surface area contributed by atoms with Crippen molar-refractivity contribution in [2.24, 2.45) is 7.05 Å². The first-order valence-electron chi connectivity index (χ1n) is 5.88. The summed E-state index contributed by atoms with van der Waals surface area (Å²) in [5, 5.41) is 0. The minimum Gasteiger partial charge on any atom is -0.731 e. The molecule has 0 fully saturated rings. The van der Waals surface area contributed by atoms with Gasteiger partial charge in [0.15, 0.2) is 10.3 Å². The number of carbonyl (C=O) groups is 2. The van der Waals surface area contributed by atoms with Crippen LogP contribution >= 0.6 is 0 Å². The number of nitrogens with zero attached hydrogens (tertiary/aromatic N) is 3. The normalized spacial score (nSPS) is 14.3. The molecule has 0 aromatic carbocycles. The molecule has 1 aromatic rings. The Bertz CT molecular complexity index is 653. The van der Waals surface area contributed by atoms with Crippen molar-refractivity contribution in [2.75, 3.05) is 13.7 Å². The van der Waals surface area contributed by atoms with Crippen LogP contribution in [0.5, 0.6) is 0 Å². The van der Waals surface area contributed by atoms with Crippen LogP contribution in [0.4, 0.5) is 0 Å². The molecule has 1 atom stereocenters. The highest BCUT2D eigenvalue weighted by Gasteiger charge is 2.45. The van der Waals surface area contributed by atoms with Crippen molar-refractivity contribution in [1.82, 2.24) is 8.87 Å². The summed E-state index contributed by atoms with van der Waals surface area (Å²) in [6, 6.07) is 0. The average Bonchev–Trinajstić information content (AvgIpc) is 2.80. The van der Waals surface area contributed by atoms with E-state index in [1.807, 2.05) is 0 Å². The number of imidazole rings is 1. The number of hydrogen-bond acceptors (Lipinski definition) is 6. The van der Waals surface area contributed by atoms with E-state index in [-0.39, 0.29) is 4.31 Å². The van der Waals surface area contributed by atoms with Crippen molar-refractivity contribution in [3.63, 3.8) is 0 Å². The molecule has 10 heteroatoms. The quantitative estimate of drug-likeness (QED) is 0.371. The van der Waals surface area contributed by atoms with Gasteiger partial charge < -0.3 is 9.29 Å². The summed E-state index contributed by atoms with van der Waals surface area (Å²) in [4.78, 5) is 23.4. The van der Waals surface area contributed by atoms with Crippen LogP contribution < -0.4 is 4.57 Å². The highest BCUT2D eigenvalue weighted by atomic mass is 32.2. The Morgan fingerprint density at radius 1 is 1.48 bits per heavy atom. The minimum absolute atomic E-state index is 0.101. The molecular formula is C11H17N3O6S. The molecule has 0 aliphatic heterocycles. The second kappa shape index (κ2) is 5.82. The molecule has 21 heavy (non-hydrogen) atoms.